The predicted molar refractivity (Wildman–Crippen MR) is 92.6 cm³/mol. The molecule has 9 heteroatoms. The summed E-state index contributed by atoms with van der Waals surface area (Å²) in [4.78, 5) is 24.6. The lowest BCUT2D eigenvalue weighted by molar-refractivity contribution is -0.219. The molecule has 2 aromatic carbocycles. The minimum atomic E-state index is -5.24. The van der Waals surface area contributed by atoms with Crippen molar-refractivity contribution in [2.75, 3.05) is 6.61 Å². The van der Waals surface area contributed by atoms with Crippen molar-refractivity contribution in [2.24, 2.45) is 0 Å². The average molecular weight is 398 g/mol. The second kappa shape index (κ2) is 8.83. The molecule has 0 aromatic heterocycles. The number of halogens is 4. The van der Waals surface area contributed by atoms with Gasteiger partial charge in [0, 0.05) is 12.1 Å². The quantitative estimate of drug-likeness (QED) is 0.427. The molecule has 1 atom stereocenters. The van der Waals surface area contributed by atoms with Crippen molar-refractivity contribution >= 4 is 11.9 Å². The molecule has 0 aliphatic heterocycles. The zero-order valence-corrected chi connectivity index (χ0v) is 14.8. The molecule has 1 amide bonds. The Morgan fingerprint density at radius 2 is 1.71 bits per heavy atom. The van der Waals surface area contributed by atoms with Crippen LogP contribution in [0.3, 0.4) is 0 Å². The molecule has 28 heavy (non-hydrogen) atoms. The van der Waals surface area contributed by atoms with E-state index >= 15 is 0 Å². The van der Waals surface area contributed by atoms with Crippen molar-refractivity contribution in [1.82, 2.24) is 10.6 Å². The van der Waals surface area contributed by atoms with Crippen molar-refractivity contribution in [1.29, 1.82) is 0 Å². The van der Waals surface area contributed by atoms with Gasteiger partial charge in [-0.2, -0.15) is 13.2 Å². The molecule has 0 heterocycles. The zero-order valence-electron chi connectivity index (χ0n) is 14.8. The molecule has 0 aliphatic carbocycles. The zero-order chi connectivity index (χ0) is 20.8. The number of carbonyl (C=O) groups is 2. The fourth-order valence-corrected chi connectivity index (χ4v) is 2.40. The molecule has 0 bridgehead atoms. The number of benzene rings is 2. The van der Waals surface area contributed by atoms with Crippen LogP contribution in [0.15, 0.2) is 54.6 Å². The number of hydrogen-bond donors (Lipinski definition) is 2. The minimum Gasteiger partial charge on any atom is -0.463 e. The number of alkyl halides is 3. The number of nitrogens with one attached hydrogen (secondary N) is 2. The Morgan fingerprint density at radius 3 is 2.29 bits per heavy atom. The highest BCUT2D eigenvalue weighted by Crippen LogP contribution is 2.30. The van der Waals surface area contributed by atoms with Crippen molar-refractivity contribution in [2.45, 2.75) is 25.3 Å². The maximum absolute atomic E-state index is 14.0. The third-order valence-corrected chi connectivity index (χ3v) is 3.80. The first-order valence-corrected chi connectivity index (χ1v) is 8.30. The van der Waals surface area contributed by atoms with Gasteiger partial charge >= 0.3 is 12.1 Å². The third kappa shape index (κ3) is 4.86. The second-order valence-electron chi connectivity index (χ2n) is 5.77. The first-order valence-electron chi connectivity index (χ1n) is 8.30. The van der Waals surface area contributed by atoms with E-state index in [1.165, 1.54) is 13.0 Å². The Kier molecular flexibility index (Phi) is 6.74. The van der Waals surface area contributed by atoms with Crippen LogP contribution in [-0.4, -0.2) is 30.3 Å². The fourth-order valence-electron chi connectivity index (χ4n) is 2.40. The van der Waals surface area contributed by atoms with Gasteiger partial charge in [0.2, 0.25) is 0 Å². The van der Waals surface area contributed by atoms with E-state index in [0.717, 1.165) is 18.2 Å². The molecule has 0 spiro atoms. The highest BCUT2D eigenvalue weighted by atomic mass is 19.4. The van der Waals surface area contributed by atoms with E-state index in [-0.39, 0.29) is 18.7 Å². The Bertz CT molecular complexity index is 827. The van der Waals surface area contributed by atoms with Crippen LogP contribution in [0.1, 0.15) is 22.8 Å². The van der Waals surface area contributed by atoms with Gasteiger partial charge in [0.15, 0.2) is 0 Å². The molecular weight excluding hydrogens is 380 g/mol. The normalized spacial score (nSPS) is 13.5. The van der Waals surface area contributed by atoms with Crippen LogP contribution in [-0.2, 0) is 16.1 Å². The van der Waals surface area contributed by atoms with Crippen LogP contribution in [0.2, 0.25) is 0 Å². The molecule has 0 saturated heterocycles. The molecular formula is C19H18F4N2O3. The highest BCUT2D eigenvalue weighted by Gasteiger charge is 2.63. The van der Waals surface area contributed by atoms with Gasteiger partial charge in [0.25, 0.3) is 11.6 Å². The molecule has 0 fully saturated rings. The smallest absolute Gasteiger partial charge is 0.436 e. The Labute approximate surface area is 158 Å². The summed E-state index contributed by atoms with van der Waals surface area (Å²) in [6.07, 6.45) is -5.24. The van der Waals surface area contributed by atoms with E-state index in [1.807, 2.05) is 0 Å². The van der Waals surface area contributed by atoms with Crippen molar-refractivity contribution < 1.29 is 31.9 Å². The second-order valence-corrected chi connectivity index (χ2v) is 5.77. The van der Waals surface area contributed by atoms with Gasteiger partial charge in [-0.05, 0) is 30.7 Å². The third-order valence-electron chi connectivity index (χ3n) is 3.80. The minimum absolute atomic E-state index is 0.334. The lowest BCUT2D eigenvalue weighted by Crippen LogP contribution is -2.72. The SMILES string of the molecule is CCOC(=O)[C@](NCc1ccccc1)(NC(=O)c1cccc(F)c1)C(F)(F)F. The number of hydrogen-bond acceptors (Lipinski definition) is 4. The molecule has 0 saturated carbocycles. The first kappa shape index (κ1) is 21.4. The van der Waals surface area contributed by atoms with Crippen LogP contribution in [0, 0.1) is 5.82 Å². The maximum atomic E-state index is 14.0. The van der Waals surface area contributed by atoms with E-state index in [9.17, 15) is 27.2 Å². The average Bonchev–Trinajstić information content (AvgIpc) is 2.65. The van der Waals surface area contributed by atoms with Crippen LogP contribution in [0.4, 0.5) is 17.6 Å². The van der Waals surface area contributed by atoms with Gasteiger partial charge in [-0.3, -0.25) is 10.1 Å². The van der Waals surface area contributed by atoms with Gasteiger partial charge in [-0.15, -0.1) is 0 Å². The van der Waals surface area contributed by atoms with Gasteiger partial charge in [0.05, 0.1) is 6.61 Å². The lowest BCUT2D eigenvalue weighted by atomic mass is 10.1. The molecule has 0 radical (unpaired) electrons. The standard InChI is InChI=1S/C19H18F4N2O3/c1-2-28-17(27)18(19(21,22)23,24-12-13-7-4-3-5-8-13)25-16(26)14-9-6-10-15(20)11-14/h3-11,24H,2,12H2,1H3,(H,25,26)/t18-/m0/s1. The molecule has 0 aliphatic rings. The van der Waals surface area contributed by atoms with Crippen LogP contribution >= 0.6 is 0 Å². The van der Waals surface area contributed by atoms with Crippen LogP contribution < -0.4 is 10.6 Å². The fraction of sp³-hybridized carbons (Fsp3) is 0.263. The maximum Gasteiger partial charge on any atom is 0.436 e. The van der Waals surface area contributed by atoms with Gasteiger partial charge in [-0.25, -0.2) is 9.18 Å². The van der Waals surface area contributed by atoms with Gasteiger partial charge in [-0.1, -0.05) is 36.4 Å². The van der Waals surface area contributed by atoms with Crippen molar-refractivity contribution in [3.05, 3.63) is 71.5 Å². The van der Waals surface area contributed by atoms with E-state index in [0.29, 0.717) is 5.56 Å². The number of ether oxygens (including phenoxy) is 1. The van der Waals surface area contributed by atoms with E-state index in [1.54, 1.807) is 35.6 Å². The van der Waals surface area contributed by atoms with Crippen molar-refractivity contribution in [3.8, 4) is 0 Å². The Morgan fingerprint density at radius 1 is 1.04 bits per heavy atom. The summed E-state index contributed by atoms with van der Waals surface area (Å²) in [5, 5.41) is 3.72. The monoisotopic (exact) mass is 398 g/mol. The molecule has 5 nitrogen and oxygen atoms in total. The van der Waals surface area contributed by atoms with Gasteiger partial charge in [0.1, 0.15) is 5.82 Å². The van der Waals surface area contributed by atoms with Gasteiger partial charge < -0.3 is 10.1 Å². The summed E-state index contributed by atoms with van der Waals surface area (Å²) >= 11 is 0. The Hall–Kier alpha value is -2.94. The summed E-state index contributed by atoms with van der Waals surface area (Å²) < 4.78 is 59.8. The van der Waals surface area contributed by atoms with E-state index in [4.69, 9.17) is 0 Å². The molecule has 0 unspecified atom stereocenters. The highest BCUT2D eigenvalue weighted by molar-refractivity contribution is 5.98. The Balaban J connectivity index is 2.40. The topological polar surface area (TPSA) is 67.4 Å². The first-order chi connectivity index (χ1) is 13.2. The van der Waals surface area contributed by atoms with E-state index < -0.39 is 29.5 Å². The largest absolute Gasteiger partial charge is 0.463 e. The molecule has 2 N–H and O–H groups in total. The summed E-state index contributed by atoms with van der Waals surface area (Å²) in [7, 11) is 0. The van der Waals surface area contributed by atoms with Crippen LogP contribution in [0.5, 0.6) is 0 Å². The number of carbonyl (C=O) groups excluding carboxylic acids is 2. The van der Waals surface area contributed by atoms with E-state index in [2.05, 4.69) is 10.1 Å². The van der Waals surface area contributed by atoms with Crippen LogP contribution in [0.25, 0.3) is 0 Å². The molecule has 2 rings (SSSR count). The number of rotatable bonds is 7. The summed E-state index contributed by atoms with van der Waals surface area (Å²) in [5.41, 5.74) is -3.44. The molecule has 150 valence electrons. The summed E-state index contributed by atoms with van der Waals surface area (Å²) in [6, 6.07) is 12.1. The summed E-state index contributed by atoms with van der Waals surface area (Å²) in [6.45, 7) is 0.618. The number of amides is 1. The predicted octanol–water partition coefficient (Wildman–Crippen LogP) is 3.17. The lowest BCUT2D eigenvalue weighted by Gasteiger charge is -2.34. The van der Waals surface area contributed by atoms with Crippen molar-refractivity contribution in [3.63, 3.8) is 0 Å². The molecule has 2 aromatic rings. The summed E-state index contributed by atoms with van der Waals surface area (Å²) in [5.74, 6) is -3.81. The number of esters is 1.